The summed E-state index contributed by atoms with van der Waals surface area (Å²) in [6.45, 7) is -0.230. The van der Waals surface area contributed by atoms with Gasteiger partial charge in [0, 0.05) is 16.4 Å². The van der Waals surface area contributed by atoms with Crippen LogP contribution in [0.15, 0.2) is 24.3 Å². The third kappa shape index (κ3) is 2.91. The molecule has 6 heteroatoms. The lowest BCUT2D eigenvalue weighted by molar-refractivity contribution is -0.124. The van der Waals surface area contributed by atoms with Gasteiger partial charge in [0.05, 0.1) is 0 Å². The van der Waals surface area contributed by atoms with Crippen molar-refractivity contribution in [2.45, 2.75) is 18.9 Å². The Bertz CT molecular complexity index is 676. The minimum Gasteiger partial charge on any atom is -0.451 e. The van der Waals surface area contributed by atoms with Crippen molar-refractivity contribution in [3.05, 3.63) is 29.1 Å². The SMILES string of the molecule is Nc1ccc2sc(C(=O)OCC(=O)NC3CC3)cc2c1. The van der Waals surface area contributed by atoms with Gasteiger partial charge < -0.3 is 15.8 Å². The van der Waals surface area contributed by atoms with Crippen LogP contribution in [-0.2, 0) is 9.53 Å². The molecule has 1 saturated carbocycles. The Hall–Kier alpha value is -2.08. The molecule has 0 atom stereocenters. The number of nitrogens with two attached hydrogens (primary N) is 1. The maximum atomic E-state index is 11.9. The summed E-state index contributed by atoms with van der Waals surface area (Å²) in [7, 11) is 0. The summed E-state index contributed by atoms with van der Waals surface area (Å²) in [6.07, 6.45) is 2.02. The van der Waals surface area contributed by atoms with E-state index in [0.29, 0.717) is 10.6 Å². The van der Waals surface area contributed by atoms with Gasteiger partial charge in [0.15, 0.2) is 6.61 Å². The molecule has 1 amide bonds. The number of carbonyl (C=O) groups is 2. The van der Waals surface area contributed by atoms with Crippen LogP contribution in [0.25, 0.3) is 10.1 Å². The van der Waals surface area contributed by atoms with E-state index >= 15 is 0 Å². The summed E-state index contributed by atoms with van der Waals surface area (Å²) in [5, 5.41) is 3.67. The van der Waals surface area contributed by atoms with Crippen LogP contribution in [0.4, 0.5) is 5.69 Å². The van der Waals surface area contributed by atoms with Crippen molar-refractivity contribution in [2.75, 3.05) is 12.3 Å². The average Bonchev–Trinajstić information content (AvgIpc) is 3.12. The van der Waals surface area contributed by atoms with Gasteiger partial charge in [-0.2, -0.15) is 0 Å². The molecule has 3 N–H and O–H groups in total. The summed E-state index contributed by atoms with van der Waals surface area (Å²) in [5.41, 5.74) is 6.35. The zero-order valence-corrected chi connectivity index (χ0v) is 11.5. The maximum absolute atomic E-state index is 11.9. The van der Waals surface area contributed by atoms with Crippen LogP contribution in [0, 0.1) is 0 Å². The van der Waals surface area contributed by atoms with E-state index in [9.17, 15) is 9.59 Å². The molecule has 1 aliphatic rings. The number of nitrogen functional groups attached to an aromatic ring is 1. The van der Waals surface area contributed by atoms with Gasteiger partial charge in [0.1, 0.15) is 4.88 Å². The molecule has 0 bridgehead atoms. The van der Waals surface area contributed by atoms with Gasteiger partial charge in [-0.1, -0.05) is 0 Å². The second-order valence-corrected chi connectivity index (χ2v) is 5.91. The minimum absolute atomic E-state index is 0.230. The molecule has 2 aromatic rings. The Morgan fingerprint density at radius 3 is 2.90 bits per heavy atom. The number of benzene rings is 1. The van der Waals surface area contributed by atoms with Crippen LogP contribution >= 0.6 is 11.3 Å². The van der Waals surface area contributed by atoms with Gasteiger partial charge >= 0.3 is 5.97 Å². The van der Waals surface area contributed by atoms with Crippen molar-refractivity contribution in [1.29, 1.82) is 0 Å². The molecule has 0 saturated heterocycles. The summed E-state index contributed by atoms with van der Waals surface area (Å²) in [6, 6.07) is 7.47. The molecule has 3 rings (SSSR count). The molecule has 1 fully saturated rings. The van der Waals surface area contributed by atoms with Crippen molar-refractivity contribution < 1.29 is 14.3 Å². The number of ether oxygens (including phenoxy) is 1. The number of carbonyl (C=O) groups excluding carboxylic acids is 2. The van der Waals surface area contributed by atoms with Crippen molar-refractivity contribution in [3.63, 3.8) is 0 Å². The highest BCUT2D eigenvalue weighted by Gasteiger charge is 2.23. The molecule has 104 valence electrons. The number of anilines is 1. The number of hydrogen-bond acceptors (Lipinski definition) is 5. The number of amides is 1. The first kappa shape index (κ1) is 12.9. The average molecular weight is 290 g/mol. The van der Waals surface area contributed by atoms with Crippen LogP contribution < -0.4 is 11.1 Å². The van der Waals surface area contributed by atoms with Gasteiger partial charge in [0.25, 0.3) is 5.91 Å². The van der Waals surface area contributed by atoms with Gasteiger partial charge in [-0.25, -0.2) is 4.79 Å². The Morgan fingerprint density at radius 1 is 1.35 bits per heavy atom. The highest BCUT2D eigenvalue weighted by atomic mass is 32.1. The number of rotatable bonds is 4. The zero-order valence-electron chi connectivity index (χ0n) is 10.7. The third-order valence-electron chi connectivity index (χ3n) is 3.02. The second kappa shape index (κ2) is 5.13. The highest BCUT2D eigenvalue weighted by Crippen LogP contribution is 2.27. The fourth-order valence-electron chi connectivity index (χ4n) is 1.86. The minimum atomic E-state index is -0.476. The molecule has 1 aromatic carbocycles. The van der Waals surface area contributed by atoms with Crippen molar-refractivity contribution in [2.24, 2.45) is 0 Å². The number of hydrogen-bond donors (Lipinski definition) is 2. The van der Waals surface area contributed by atoms with E-state index in [1.807, 2.05) is 12.1 Å². The van der Waals surface area contributed by atoms with Crippen LogP contribution in [0.1, 0.15) is 22.5 Å². The quantitative estimate of drug-likeness (QED) is 0.666. The Labute approximate surface area is 119 Å². The first-order valence-corrected chi connectivity index (χ1v) is 7.19. The molecular weight excluding hydrogens is 276 g/mol. The van der Waals surface area contributed by atoms with E-state index in [1.165, 1.54) is 11.3 Å². The molecule has 0 spiro atoms. The summed E-state index contributed by atoms with van der Waals surface area (Å²) >= 11 is 1.33. The second-order valence-electron chi connectivity index (χ2n) is 4.83. The fraction of sp³-hybridized carbons (Fsp3) is 0.286. The largest absolute Gasteiger partial charge is 0.451 e. The molecule has 5 nitrogen and oxygen atoms in total. The molecule has 1 aromatic heterocycles. The van der Waals surface area contributed by atoms with Crippen LogP contribution in [0.5, 0.6) is 0 Å². The predicted molar refractivity (Wildman–Crippen MR) is 77.7 cm³/mol. The van der Waals surface area contributed by atoms with E-state index < -0.39 is 5.97 Å². The van der Waals surface area contributed by atoms with Gasteiger partial charge in [-0.05, 0) is 42.5 Å². The van der Waals surface area contributed by atoms with Crippen LogP contribution in [-0.4, -0.2) is 24.5 Å². The lowest BCUT2D eigenvalue weighted by Crippen LogP contribution is -2.30. The Kier molecular flexibility index (Phi) is 3.31. The number of thiophene rings is 1. The Morgan fingerprint density at radius 2 is 2.15 bits per heavy atom. The molecule has 1 aliphatic carbocycles. The van der Waals surface area contributed by atoms with Gasteiger partial charge in [0.2, 0.25) is 0 Å². The lowest BCUT2D eigenvalue weighted by atomic mass is 10.2. The monoisotopic (exact) mass is 290 g/mol. The fourth-order valence-corrected chi connectivity index (χ4v) is 2.80. The van der Waals surface area contributed by atoms with E-state index in [1.54, 1.807) is 12.1 Å². The lowest BCUT2D eigenvalue weighted by Gasteiger charge is -2.03. The molecule has 1 heterocycles. The molecule has 0 unspecified atom stereocenters. The first-order valence-electron chi connectivity index (χ1n) is 6.37. The van der Waals surface area contributed by atoms with Crippen molar-refractivity contribution in [3.8, 4) is 0 Å². The molecule has 0 aliphatic heterocycles. The predicted octanol–water partition coefficient (Wildman–Crippen LogP) is 1.92. The van der Waals surface area contributed by atoms with E-state index in [2.05, 4.69) is 5.32 Å². The summed E-state index contributed by atoms with van der Waals surface area (Å²) in [4.78, 5) is 23.8. The van der Waals surface area contributed by atoms with E-state index in [4.69, 9.17) is 10.5 Å². The Balaban J connectivity index is 1.64. The van der Waals surface area contributed by atoms with Crippen molar-refractivity contribution in [1.82, 2.24) is 5.32 Å². The summed E-state index contributed by atoms with van der Waals surface area (Å²) < 4.78 is 5.97. The molecule has 20 heavy (non-hydrogen) atoms. The number of nitrogens with one attached hydrogen (secondary N) is 1. The maximum Gasteiger partial charge on any atom is 0.348 e. The van der Waals surface area contributed by atoms with Gasteiger partial charge in [-0.15, -0.1) is 11.3 Å². The highest BCUT2D eigenvalue weighted by molar-refractivity contribution is 7.20. The van der Waals surface area contributed by atoms with Crippen LogP contribution in [0.2, 0.25) is 0 Å². The van der Waals surface area contributed by atoms with E-state index in [0.717, 1.165) is 22.9 Å². The van der Waals surface area contributed by atoms with E-state index in [-0.39, 0.29) is 18.6 Å². The summed E-state index contributed by atoms with van der Waals surface area (Å²) in [5.74, 6) is -0.720. The number of fused-ring (bicyclic) bond motifs is 1. The normalized spacial score (nSPS) is 14.2. The zero-order chi connectivity index (χ0) is 14.1. The smallest absolute Gasteiger partial charge is 0.348 e. The first-order chi connectivity index (χ1) is 9.61. The van der Waals surface area contributed by atoms with Crippen LogP contribution in [0.3, 0.4) is 0 Å². The van der Waals surface area contributed by atoms with Crippen molar-refractivity contribution >= 4 is 39.0 Å². The van der Waals surface area contributed by atoms with Gasteiger partial charge in [-0.3, -0.25) is 4.79 Å². The molecule has 0 radical (unpaired) electrons. The molecular formula is C14H14N2O3S. The third-order valence-corrected chi connectivity index (χ3v) is 4.11. The standard InChI is InChI=1S/C14H14N2O3S/c15-9-1-4-11-8(5-9)6-12(20-11)14(18)19-7-13(17)16-10-2-3-10/h1,4-6,10H,2-3,7,15H2,(H,16,17). The topological polar surface area (TPSA) is 81.4 Å². The number of esters is 1.